The fourth-order valence-electron chi connectivity index (χ4n) is 2.09. The fourth-order valence-corrected chi connectivity index (χ4v) is 2.09. The summed E-state index contributed by atoms with van der Waals surface area (Å²) >= 11 is 0. The summed E-state index contributed by atoms with van der Waals surface area (Å²) in [5.74, 6) is 1.67. The Morgan fingerprint density at radius 3 is 2.12 bits per heavy atom. The minimum Gasteiger partial charge on any atom is -0.497 e. The molecule has 0 aliphatic carbocycles. The van der Waals surface area contributed by atoms with Gasteiger partial charge in [0.2, 0.25) is 0 Å². The smallest absolute Gasteiger partial charge is 0.162 e. The molecular formula is C20H26O4. The quantitative estimate of drug-likeness (QED) is 0.796. The van der Waals surface area contributed by atoms with Crippen LogP contribution in [0.2, 0.25) is 0 Å². The van der Waals surface area contributed by atoms with Crippen LogP contribution < -0.4 is 9.47 Å². The Balaban J connectivity index is 0.000000240. The number of aliphatic hydroxyl groups is 1. The number of hydrogen-bond acceptors (Lipinski definition) is 4. The second-order valence-electron chi connectivity index (χ2n) is 5.21. The molecular weight excluding hydrogens is 304 g/mol. The number of ketones is 1. The molecule has 0 aliphatic rings. The van der Waals surface area contributed by atoms with Crippen molar-refractivity contribution < 1.29 is 19.4 Å². The number of carbonyl (C=O) groups excluding carboxylic acids is 1. The van der Waals surface area contributed by atoms with Crippen molar-refractivity contribution in [1.29, 1.82) is 0 Å². The molecule has 1 atom stereocenters. The van der Waals surface area contributed by atoms with E-state index in [-0.39, 0.29) is 11.9 Å². The van der Waals surface area contributed by atoms with E-state index in [1.54, 1.807) is 26.4 Å². The summed E-state index contributed by atoms with van der Waals surface area (Å²) in [7, 11) is 3.22. The van der Waals surface area contributed by atoms with Gasteiger partial charge in [-0.25, -0.2) is 0 Å². The van der Waals surface area contributed by atoms with E-state index in [9.17, 15) is 9.90 Å². The van der Waals surface area contributed by atoms with Crippen LogP contribution in [0.4, 0.5) is 0 Å². The van der Waals surface area contributed by atoms with E-state index in [4.69, 9.17) is 9.47 Å². The molecule has 0 heterocycles. The second-order valence-corrected chi connectivity index (χ2v) is 5.21. The number of rotatable bonds is 6. The maximum absolute atomic E-state index is 11.2. The highest BCUT2D eigenvalue weighted by Crippen LogP contribution is 2.20. The molecule has 0 saturated carbocycles. The van der Waals surface area contributed by atoms with E-state index in [2.05, 4.69) is 0 Å². The number of ether oxygens (including phenoxy) is 2. The Kier molecular flexibility index (Phi) is 8.58. The van der Waals surface area contributed by atoms with Crippen molar-refractivity contribution >= 4 is 5.78 Å². The number of Topliss-reactive ketones (excluding diaryl/α,β-unsaturated/α-hetero) is 1. The van der Waals surface area contributed by atoms with Gasteiger partial charge in [-0.2, -0.15) is 0 Å². The molecule has 0 radical (unpaired) electrons. The van der Waals surface area contributed by atoms with Gasteiger partial charge in [0.25, 0.3) is 0 Å². The molecule has 0 spiro atoms. The van der Waals surface area contributed by atoms with Crippen LogP contribution in [-0.2, 0) is 0 Å². The molecule has 0 fully saturated rings. The van der Waals surface area contributed by atoms with E-state index in [0.29, 0.717) is 6.42 Å². The molecule has 4 heteroatoms. The lowest BCUT2D eigenvalue weighted by Crippen LogP contribution is -1.96. The first-order chi connectivity index (χ1) is 11.5. The summed E-state index contributed by atoms with van der Waals surface area (Å²) < 4.78 is 10.0. The molecule has 130 valence electrons. The van der Waals surface area contributed by atoms with Crippen molar-refractivity contribution in [2.45, 2.75) is 32.8 Å². The van der Waals surface area contributed by atoms with Gasteiger partial charge in [0.15, 0.2) is 5.78 Å². The first-order valence-electron chi connectivity index (χ1n) is 8.04. The van der Waals surface area contributed by atoms with Crippen molar-refractivity contribution in [2.24, 2.45) is 0 Å². The minimum absolute atomic E-state index is 0.147. The molecule has 0 saturated heterocycles. The van der Waals surface area contributed by atoms with Crippen LogP contribution in [0.1, 0.15) is 48.7 Å². The molecule has 2 aromatic rings. The van der Waals surface area contributed by atoms with Crippen molar-refractivity contribution in [3.8, 4) is 11.5 Å². The van der Waals surface area contributed by atoms with E-state index in [0.717, 1.165) is 29.0 Å². The maximum Gasteiger partial charge on any atom is 0.162 e. The average Bonchev–Trinajstić information content (AvgIpc) is 2.67. The van der Waals surface area contributed by atoms with Gasteiger partial charge >= 0.3 is 0 Å². The number of benzene rings is 2. The molecule has 24 heavy (non-hydrogen) atoms. The van der Waals surface area contributed by atoms with Crippen LogP contribution >= 0.6 is 0 Å². The van der Waals surface area contributed by atoms with Gasteiger partial charge < -0.3 is 14.6 Å². The van der Waals surface area contributed by atoms with E-state index < -0.39 is 0 Å². The molecule has 0 amide bonds. The fraction of sp³-hybridized carbons (Fsp3) is 0.350. The standard InChI is InChI=1S/C10H14O2.C10H12O2/c2*1-3-10(11)8-5-4-6-9(7-8)12-2/h4-7,10-11H,3H2,1-2H3;4-7H,3H2,1-2H3. The van der Waals surface area contributed by atoms with Gasteiger partial charge in [0, 0.05) is 12.0 Å². The highest BCUT2D eigenvalue weighted by molar-refractivity contribution is 5.96. The Morgan fingerprint density at radius 2 is 1.58 bits per heavy atom. The van der Waals surface area contributed by atoms with E-state index in [1.165, 1.54) is 0 Å². The van der Waals surface area contributed by atoms with Crippen molar-refractivity contribution in [1.82, 2.24) is 0 Å². The zero-order valence-corrected chi connectivity index (χ0v) is 14.8. The van der Waals surface area contributed by atoms with E-state index in [1.807, 2.05) is 50.2 Å². The largest absolute Gasteiger partial charge is 0.497 e. The van der Waals surface area contributed by atoms with Gasteiger partial charge in [0.1, 0.15) is 11.5 Å². The van der Waals surface area contributed by atoms with Gasteiger partial charge in [0.05, 0.1) is 20.3 Å². The van der Waals surface area contributed by atoms with Gasteiger partial charge in [-0.1, -0.05) is 38.1 Å². The summed E-state index contributed by atoms with van der Waals surface area (Å²) in [6, 6.07) is 14.7. The van der Waals surface area contributed by atoms with Gasteiger partial charge in [-0.05, 0) is 36.2 Å². The SMILES string of the molecule is CCC(=O)c1cccc(OC)c1.CCC(O)c1cccc(OC)c1. The van der Waals surface area contributed by atoms with Crippen LogP contribution in [0.5, 0.6) is 11.5 Å². The van der Waals surface area contributed by atoms with Gasteiger partial charge in [-0.3, -0.25) is 4.79 Å². The Labute approximate surface area is 144 Å². The summed E-state index contributed by atoms with van der Waals surface area (Å²) in [5.41, 5.74) is 1.63. The normalized spacial score (nSPS) is 11.0. The number of aliphatic hydroxyl groups excluding tert-OH is 1. The Bertz CT molecular complexity index is 637. The maximum atomic E-state index is 11.2. The second kappa shape index (κ2) is 10.4. The predicted molar refractivity (Wildman–Crippen MR) is 95.9 cm³/mol. The molecule has 2 aromatic carbocycles. The first-order valence-corrected chi connectivity index (χ1v) is 8.04. The highest BCUT2D eigenvalue weighted by atomic mass is 16.5. The van der Waals surface area contributed by atoms with Crippen molar-refractivity contribution in [2.75, 3.05) is 14.2 Å². The van der Waals surface area contributed by atoms with Crippen LogP contribution in [0, 0.1) is 0 Å². The molecule has 1 N–H and O–H groups in total. The van der Waals surface area contributed by atoms with Crippen LogP contribution in [0.25, 0.3) is 0 Å². The summed E-state index contributed by atoms with van der Waals surface area (Å²) in [6.45, 7) is 3.80. The lowest BCUT2D eigenvalue weighted by molar-refractivity contribution is 0.0988. The average molecular weight is 330 g/mol. The van der Waals surface area contributed by atoms with Crippen LogP contribution in [0.3, 0.4) is 0 Å². The number of hydrogen-bond donors (Lipinski definition) is 1. The van der Waals surface area contributed by atoms with Crippen molar-refractivity contribution in [3.05, 3.63) is 59.7 Å². The summed E-state index contributed by atoms with van der Waals surface area (Å²) in [6.07, 6.45) is 0.889. The number of carbonyl (C=O) groups is 1. The monoisotopic (exact) mass is 330 g/mol. The van der Waals surface area contributed by atoms with Gasteiger partial charge in [-0.15, -0.1) is 0 Å². The molecule has 0 bridgehead atoms. The molecule has 0 aromatic heterocycles. The lowest BCUT2D eigenvalue weighted by atomic mass is 10.1. The zero-order valence-electron chi connectivity index (χ0n) is 14.8. The van der Waals surface area contributed by atoms with Crippen LogP contribution in [0.15, 0.2) is 48.5 Å². The molecule has 4 nitrogen and oxygen atoms in total. The third-order valence-corrected chi connectivity index (χ3v) is 3.58. The number of methoxy groups -OCH3 is 2. The third kappa shape index (κ3) is 6.05. The predicted octanol–water partition coefficient (Wildman–Crippen LogP) is 4.43. The summed E-state index contributed by atoms with van der Waals surface area (Å²) in [4.78, 5) is 11.2. The van der Waals surface area contributed by atoms with Crippen LogP contribution in [-0.4, -0.2) is 25.1 Å². The first kappa shape index (κ1) is 19.7. The Morgan fingerprint density at radius 1 is 1.00 bits per heavy atom. The highest BCUT2D eigenvalue weighted by Gasteiger charge is 2.04. The zero-order chi connectivity index (χ0) is 17.9. The molecule has 2 rings (SSSR count). The minimum atomic E-state index is -0.375. The van der Waals surface area contributed by atoms with E-state index >= 15 is 0 Å². The lowest BCUT2D eigenvalue weighted by Gasteiger charge is -2.08. The molecule has 0 aliphatic heterocycles. The Hall–Kier alpha value is -2.33. The van der Waals surface area contributed by atoms with Crippen molar-refractivity contribution in [3.63, 3.8) is 0 Å². The third-order valence-electron chi connectivity index (χ3n) is 3.58. The topological polar surface area (TPSA) is 55.8 Å². The molecule has 1 unspecified atom stereocenters. The summed E-state index contributed by atoms with van der Waals surface area (Å²) in [5, 5.41) is 9.49.